The highest BCUT2D eigenvalue weighted by Crippen LogP contribution is 2.17. The lowest BCUT2D eigenvalue weighted by atomic mass is 10.2. The van der Waals surface area contributed by atoms with Crippen LogP contribution in [0.3, 0.4) is 0 Å². The quantitative estimate of drug-likeness (QED) is 0.419. The second-order valence-electron chi connectivity index (χ2n) is 7.76. The normalized spacial score (nSPS) is 19.4. The van der Waals surface area contributed by atoms with Crippen LogP contribution in [0.25, 0.3) is 0 Å². The van der Waals surface area contributed by atoms with E-state index in [1.807, 2.05) is 0 Å². The fraction of sp³-hybridized carbons (Fsp3) is 0.682. The van der Waals surface area contributed by atoms with Crippen molar-refractivity contribution in [1.29, 1.82) is 0 Å². The van der Waals surface area contributed by atoms with Gasteiger partial charge in [0, 0.05) is 51.0 Å². The summed E-state index contributed by atoms with van der Waals surface area (Å²) in [6.07, 6.45) is 7.69. The first kappa shape index (κ1) is 20.0. The van der Waals surface area contributed by atoms with Gasteiger partial charge in [-0.2, -0.15) is 0 Å². The number of piperazine rings is 1. The van der Waals surface area contributed by atoms with Gasteiger partial charge in [-0.3, -0.25) is 9.89 Å². The van der Waals surface area contributed by atoms with Crippen LogP contribution in [0, 0.1) is 0 Å². The third kappa shape index (κ3) is 6.73. The smallest absolute Gasteiger partial charge is 0.191 e. The Balaban J connectivity index is 1.30. The van der Waals surface area contributed by atoms with Gasteiger partial charge in [0.15, 0.2) is 5.96 Å². The Morgan fingerprint density at radius 1 is 1.04 bits per heavy atom. The lowest BCUT2D eigenvalue weighted by Gasteiger charge is -2.36. The third-order valence-corrected chi connectivity index (χ3v) is 5.69. The molecule has 5 nitrogen and oxygen atoms in total. The van der Waals surface area contributed by atoms with Crippen LogP contribution in [0.4, 0.5) is 5.69 Å². The zero-order chi connectivity index (χ0) is 18.7. The van der Waals surface area contributed by atoms with Crippen molar-refractivity contribution in [3.8, 4) is 0 Å². The number of para-hydroxylation sites is 1. The summed E-state index contributed by atoms with van der Waals surface area (Å²) < 4.78 is 0. The minimum atomic E-state index is 0.628. The minimum Gasteiger partial charge on any atom is -0.369 e. The zero-order valence-electron chi connectivity index (χ0n) is 17.0. The molecular weight excluding hydrogens is 334 g/mol. The maximum absolute atomic E-state index is 4.78. The predicted octanol–water partition coefficient (Wildman–Crippen LogP) is 3.09. The van der Waals surface area contributed by atoms with E-state index in [1.165, 1.54) is 63.8 Å². The number of nitrogens with zero attached hydrogens (tertiary/aromatic N) is 3. The van der Waals surface area contributed by atoms with Gasteiger partial charge in [0.1, 0.15) is 0 Å². The van der Waals surface area contributed by atoms with E-state index in [0.29, 0.717) is 6.04 Å². The summed E-state index contributed by atoms with van der Waals surface area (Å²) in [4.78, 5) is 9.88. The molecule has 1 saturated heterocycles. The number of guanidine groups is 1. The van der Waals surface area contributed by atoms with Crippen LogP contribution in [-0.4, -0.2) is 62.7 Å². The summed E-state index contributed by atoms with van der Waals surface area (Å²) in [5.74, 6) is 1.01. The van der Waals surface area contributed by atoms with Crippen LogP contribution in [0.2, 0.25) is 0 Å². The van der Waals surface area contributed by atoms with Gasteiger partial charge in [0.05, 0.1) is 0 Å². The van der Waals surface area contributed by atoms with E-state index in [-0.39, 0.29) is 0 Å². The largest absolute Gasteiger partial charge is 0.369 e. The van der Waals surface area contributed by atoms with Crippen molar-refractivity contribution in [2.24, 2.45) is 4.99 Å². The summed E-state index contributed by atoms with van der Waals surface area (Å²) in [6.45, 7) is 9.81. The molecule has 0 unspecified atom stereocenters. The molecule has 2 fully saturated rings. The Labute approximate surface area is 165 Å². The first-order chi connectivity index (χ1) is 13.3. The Morgan fingerprint density at radius 3 is 2.48 bits per heavy atom. The Hall–Kier alpha value is -1.75. The van der Waals surface area contributed by atoms with E-state index >= 15 is 0 Å². The lowest BCUT2D eigenvalue weighted by Crippen LogP contribution is -2.46. The fourth-order valence-corrected chi connectivity index (χ4v) is 4.09. The van der Waals surface area contributed by atoms with Crippen LogP contribution in [0.15, 0.2) is 35.3 Å². The summed E-state index contributed by atoms with van der Waals surface area (Å²) in [6, 6.07) is 11.4. The summed E-state index contributed by atoms with van der Waals surface area (Å²) in [5, 5.41) is 6.99. The van der Waals surface area contributed by atoms with Crippen molar-refractivity contribution in [1.82, 2.24) is 15.5 Å². The average molecular weight is 372 g/mol. The molecule has 1 aromatic carbocycles. The number of hydrogen-bond donors (Lipinski definition) is 2. The molecule has 2 N–H and O–H groups in total. The molecule has 0 spiro atoms. The number of rotatable bonds is 8. The van der Waals surface area contributed by atoms with E-state index in [1.54, 1.807) is 0 Å². The maximum atomic E-state index is 4.78. The van der Waals surface area contributed by atoms with Crippen molar-refractivity contribution in [2.75, 3.05) is 50.7 Å². The molecule has 0 radical (unpaired) electrons. The second-order valence-corrected chi connectivity index (χ2v) is 7.76. The number of nitrogens with one attached hydrogen (secondary N) is 2. The van der Waals surface area contributed by atoms with Gasteiger partial charge in [-0.1, -0.05) is 31.0 Å². The van der Waals surface area contributed by atoms with E-state index in [2.05, 4.69) is 57.7 Å². The van der Waals surface area contributed by atoms with E-state index in [0.717, 1.165) is 32.1 Å². The molecule has 1 aliphatic carbocycles. The van der Waals surface area contributed by atoms with Gasteiger partial charge >= 0.3 is 0 Å². The number of hydrogen-bond acceptors (Lipinski definition) is 3. The first-order valence-corrected chi connectivity index (χ1v) is 10.9. The molecule has 1 heterocycles. The Morgan fingerprint density at radius 2 is 1.78 bits per heavy atom. The molecule has 1 aromatic rings. The average Bonchev–Trinajstić information content (AvgIpc) is 3.22. The van der Waals surface area contributed by atoms with Crippen LogP contribution in [0.1, 0.15) is 45.4 Å². The van der Waals surface area contributed by atoms with Crippen LogP contribution < -0.4 is 15.5 Å². The molecule has 2 aliphatic rings. The van der Waals surface area contributed by atoms with Crippen molar-refractivity contribution in [3.63, 3.8) is 0 Å². The molecule has 0 amide bonds. The molecule has 150 valence electrons. The summed E-state index contributed by atoms with van der Waals surface area (Å²) >= 11 is 0. The molecule has 27 heavy (non-hydrogen) atoms. The van der Waals surface area contributed by atoms with Crippen LogP contribution in [0.5, 0.6) is 0 Å². The number of unbranched alkanes of at least 4 members (excludes halogenated alkanes) is 1. The van der Waals surface area contributed by atoms with E-state index in [9.17, 15) is 0 Å². The highest BCUT2D eigenvalue weighted by Gasteiger charge is 2.17. The molecule has 1 saturated carbocycles. The monoisotopic (exact) mass is 371 g/mol. The van der Waals surface area contributed by atoms with Crippen molar-refractivity contribution >= 4 is 11.6 Å². The fourth-order valence-electron chi connectivity index (χ4n) is 4.09. The first-order valence-electron chi connectivity index (χ1n) is 10.9. The number of anilines is 1. The van der Waals surface area contributed by atoms with Gasteiger partial charge in [0.25, 0.3) is 0 Å². The van der Waals surface area contributed by atoms with Crippen LogP contribution in [-0.2, 0) is 0 Å². The summed E-state index contributed by atoms with van der Waals surface area (Å²) in [5.41, 5.74) is 1.36. The minimum absolute atomic E-state index is 0.628. The van der Waals surface area contributed by atoms with Crippen molar-refractivity contribution in [3.05, 3.63) is 30.3 Å². The van der Waals surface area contributed by atoms with Gasteiger partial charge in [0.2, 0.25) is 0 Å². The maximum Gasteiger partial charge on any atom is 0.191 e. The van der Waals surface area contributed by atoms with Gasteiger partial charge in [-0.25, -0.2) is 0 Å². The van der Waals surface area contributed by atoms with Crippen LogP contribution >= 0.6 is 0 Å². The van der Waals surface area contributed by atoms with Crippen molar-refractivity contribution < 1.29 is 0 Å². The molecule has 5 heteroatoms. The van der Waals surface area contributed by atoms with E-state index < -0.39 is 0 Å². The SMILES string of the molecule is CCNC(=NCCCCN1CCN(c2ccccc2)CC1)NC1CCCC1. The van der Waals surface area contributed by atoms with Gasteiger partial charge in [-0.15, -0.1) is 0 Å². The predicted molar refractivity (Wildman–Crippen MR) is 116 cm³/mol. The molecule has 0 bridgehead atoms. The number of benzene rings is 1. The van der Waals surface area contributed by atoms with Gasteiger partial charge < -0.3 is 15.5 Å². The highest BCUT2D eigenvalue weighted by atomic mass is 15.3. The van der Waals surface area contributed by atoms with E-state index in [4.69, 9.17) is 4.99 Å². The second kappa shape index (κ2) is 11.2. The molecule has 0 atom stereocenters. The Kier molecular flexibility index (Phi) is 8.28. The van der Waals surface area contributed by atoms with Crippen molar-refractivity contribution in [2.45, 2.75) is 51.5 Å². The molecule has 0 aromatic heterocycles. The lowest BCUT2D eigenvalue weighted by molar-refractivity contribution is 0.253. The highest BCUT2D eigenvalue weighted by molar-refractivity contribution is 5.80. The summed E-state index contributed by atoms with van der Waals surface area (Å²) in [7, 11) is 0. The molecule has 3 rings (SSSR count). The topological polar surface area (TPSA) is 42.9 Å². The third-order valence-electron chi connectivity index (χ3n) is 5.69. The number of aliphatic imine (C=N–C) groups is 1. The molecule has 1 aliphatic heterocycles. The van der Waals surface area contributed by atoms with Gasteiger partial charge in [-0.05, 0) is 51.3 Å². The molecular formula is C22H37N5. The zero-order valence-corrected chi connectivity index (χ0v) is 17.0. The Bertz CT molecular complexity index is 545. The standard InChI is InChI=1S/C22H37N5/c1-2-23-22(25-20-10-6-7-11-20)24-14-8-9-15-26-16-18-27(19-17-26)21-12-4-3-5-13-21/h3-5,12-13,20H,2,6-11,14-19H2,1H3,(H2,23,24,25).